The van der Waals surface area contributed by atoms with Gasteiger partial charge in [-0.2, -0.15) is 0 Å². The number of carboxylic acid groups (broad SMARTS) is 1. The molecule has 0 aliphatic heterocycles. The summed E-state index contributed by atoms with van der Waals surface area (Å²) in [5.74, 6) is -1.64. The number of anilines is 2. The molecule has 0 heterocycles. The molecule has 0 aromatic heterocycles. The first-order valence-corrected chi connectivity index (χ1v) is 12.5. The molecule has 0 fully saturated rings. The van der Waals surface area contributed by atoms with E-state index in [1.165, 1.54) is 6.07 Å². The average molecular weight is 519 g/mol. The number of benzene rings is 3. The van der Waals surface area contributed by atoms with Crippen LogP contribution in [-0.2, 0) is 35.3 Å². The van der Waals surface area contributed by atoms with E-state index in [9.17, 15) is 19.5 Å². The predicted molar refractivity (Wildman–Crippen MR) is 147 cm³/mol. The van der Waals surface area contributed by atoms with Crippen LogP contribution in [0.2, 0.25) is 0 Å². The van der Waals surface area contributed by atoms with E-state index in [4.69, 9.17) is 16.2 Å². The maximum atomic E-state index is 12.3. The Bertz CT molecular complexity index is 1280. The second-order valence-corrected chi connectivity index (χ2v) is 8.80. The SMILES string of the molecule is CCc1cc(C(Nc2cccc(C(N)=O)c2)C(=O)O)cc(CC)c1CCOC(=O)Nc1cccc(CN)c1. The number of aliphatic carboxylic acids is 1. The molecule has 38 heavy (non-hydrogen) atoms. The summed E-state index contributed by atoms with van der Waals surface area (Å²) in [6.07, 6.45) is 1.30. The zero-order chi connectivity index (χ0) is 27.7. The smallest absolute Gasteiger partial charge is 0.411 e. The van der Waals surface area contributed by atoms with Gasteiger partial charge < -0.3 is 26.6 Å². The van der Waals surface area contributed by atoms with Gasteiger partial charge in [0, 0.05) is 29.9 Å². The van der Waals surface area contributed by atoms with Gasteiger partial charge >= 0.3 is 12.1 Å². The van der Waals surface area contributed by atoms with Crippen LogP contribution in [0, 0.1) is 0 Å². The van der Waals surface area contributed by atoms with E-state index in [1.54, 1.807) is 30.3 Å². The lowest BCUT2D eigenvalue weighted by molar-refractivity contribution is -0.138. The third-order valence-corrected chi connectivity index (χ3v) is 6.25. The van der Waals surface area contributed by atoms with E-state index in [0.29, 0.717) is 42.7 Å². The van der Waals surface area contributed by atoms with Crippen LogP contribution in [0.4, 0.5) is 16.2 Å². The fourth-order valence-corrected chi connectivity index (χ4v) is 4.34. The van der Waals surface area contributed by atoms with Crippen LogP contribution >= 0.6 is 0 Å². The second kappa shape index (κ2) is 13.3. The number of nitrogens with two attached hydrogens (primary N) is 2. The van der Waals surface area contributed by atoms with Crippen molar-refractivity contribution in [2.24, 2.45) is 11.5 Å². The highest BCUT2D eigenvalue weighted by Crippen LogP contribution is 2.27. The summed E-state index contributed by atoms with van der Waals surface area (Å²) >= 11 is 0. The molecule has 0 radical (unpaired) electrons. The van der Waals surface area contributed by atoms with Gasteiger partial charge in [0.05, 0.1) is 6.61 Å². The van der Waals surface area contributed by atoms with Crippen molar-refractivity contribution in [2.75, 3.05) is 17.2 Å². The zero-order valence-electron chi connectivity index (χ0n) is 21.6. The molecule has 200 valence electrons. The minimum Gasteiger partial charge on any atom is -0.479 e. The van der Waals surface area contributed by atoms with Gasteiger partial charge in [0.2, 0.25) is 5.91 Å². The van der Waals surface area contributed by atoms with Gasteiger partial charge in [0.1, 0.15) is 0 Å². The topological polar surface area (TPSA) is 157 Å². The molecule has 1 atom stereocenters. The van der Waals surface area contributed by atoms with Crippen molar-refractivity contribution in [3.63, 3.8) is 0 Å². The van der Waals surface area contributed by atoms with Gasteiger partial charge in [-0.25, -0.2) is 9.59 Å². The molecule has 3 aromatic carbocycles. The lowest BCUT2D eigenvalue weighted by atomic mass is 9.90. The number of hydrogen-bond donors (Lipinski definition) is 5. The second-order valence-electron chi connectivity index (χ2n) is 8.80. The lowest BCUT2D eigenvalue weighted by Crippen LogP contribution is -2.22. The number of carbonyl (C=O) groups is 3. The Balaban J connectivity index is 1.76. The summed E-state index contributed by atoms with van der Waals surface area (Å²) in [4.78, 5) is 36.1. The Hall–Kier alpha value is -4.37. The summed E-state index contributed by atoms with van der Waals surface area (Å²) in [6, 6.07) is 16.4. The van der Waals surface area contributed by atoms with Crippen molar-refractivity contribution in [1.82, 2.24) is 0 Å². The van der Waals surface area contributed by atoms with Crippen LogP contribution in [0.5, 0.6) is 0 Å². The van der Waals surface area contributed by atoms with Crippen LogP contribution in [0.15, 0.2) is 60.7 Å². The fourth-order valence-electron chi connectivity index (χ4n) is 4.34. The number of ether oxygens (including phenoxy) is 1. The third kappa shape index (κ3) is 7.33. The Kier molecular flexibility index (Phi) is 9.84. The molecule has 0 aliphatic rings. The summed E-state index contributed by atoms with van der Waals surface area (Å²) < 4.78 is 5.42. The van der Waals surface area contributed by atoms with Crippen LogP contribution in [0.25, 0.3) is 0 Å². The maximum Gasteiger partial charge on any atom is 0.411 e. The van der Waals surface area contributed by atoms with Gasteiger partial charge in [0.15, 0.2) is 6.04 Å². The number of hydrogen-bond acceptors (Lipinski definition) is 6. The number of aryl methyl sites for hydroxylation is 2. The lowest BCUT2D eigenvalue weighted by Gasteiger charge is -2.21. The van der Waals surface area contributed by atoms with E-state index >= 15 is 0 Å². The average Bonchev–Trinajstić information content (AvgIpc) is 2.91. The first kappa shape index (κ1) is 28.2. The van der Waals surface area contributed by atoms with Crippen molar-refractivity contribution in [3.8, 4) is 0 Å². The van der Waals surface area contributed by atoms with Crippen LogP contribution in [0.3, 0.4) is 0 Å². The van der Waals surface area contributed by atoms with Gasteiger partial charge in [0.25, 0.3) is 0 Å². The molecule has 0 bridgehead atoms. The molecule has 9 heteroatoms. The first-order chi connectivity index (χ1) is 18.2. The number of amides is 2. The molecule has 7 N–H and O–H groups in total. The number of nitrogens with one attached hydrogen (secondary N) is 2. The molecule has 0 spiro atoms. The van der Waals surface area contributed by atoms with Gasteiger partial charge in [-0.15, -0.1) is 0 Å². The van der Waals surface area contributed by atoms with Gasteiger partial charge in [-0.05, 0) is 71.0 Å². The number of primary amides is 1. The van der Waals surface area contributed by atoms with Crippen LogP contribution < -0.4 is 22.1 Å². The Labute approximate surface area is 222 Å². The van der Waals surface area contributed by atoms with E-state index in [-0.39, 0.29) is 12.2 Å². The standard InChI is InChI=1S/C29H34N4O5/c1-3-19-14-22(26(28(35)36)32-24-10-6-8-21(16-24)27(31)34)15-20(4-2)25(19)11-12-38-29(37)33-23-9-5-7-18(13-23)17-30/h5-10,13-16,26,32H,3-4,11-12,17,30H2,1-2H3,(H2,31,34)(H,33,37)(H,35,36). The molecule has 1 unspecified atom stereocenters. The molecule has 0 aliphatic carbocycles. The van der Waals surface area contributed by atoms with E-state index in [2.05, 4.69) is 10.6 Å². The summed E-state index contributed by atoms with van der Waals surface area (Å²) in [5.41, 5.74) is 16.9. The normalized spacial score (nSPS) is 11.4. The van der Waals surface area contributed by atoms with E-state index < -0.39 is 24.0 Å². The molecule has 0 saturated carbocycles. The molecule has 3 rings (SSSR count). The molecule has 0 saturated heterocycles. The Morgan fingerprint density at radius 2 is 1.61 bits per heavy atom. The van der Waals surface area contributed by atoms with Crippen molar-refractivity contribution in [3.05, 3.63) is 94.0 Å². The summed E-state index contributed by atoms with van der Waals surface area (Å²) in [7, 11) is 0. The predicted octanol–water partition coefficient (Wildman–Crippen LogP) is 4.40. The van der Waals surface area contributed by atoms with Crippen LogP contribution in [-0.4, -0.2) is 29.7 Å². The number of rotatable bonds is 12. The Morgan fingerprint density at radius 3 is 2.21 bits per heavy atom. The van der Waals surface area contributed by atoms with Gasteiger partial charge in [-0.1, -0.05) is 44.2 Å². The maximum absolute atomic E-state index is 12.3. The summed E-state index contributed by atoms with van der Waals surface area (Å²) in [5, 5.41) is 15.7. The highest BCUT2D eigenvalue weighted by Gasteiger charge is 2.23. The van der Waals surface area contributed by atoms with Crippen LogP contribution in [0.1, 0.15) is 58.1 Å². The third-order valence-electron chi connectivity index (χ3n) is 6.25. The van der Waals surface area contributed by atoms with E-state index in [0.717, 1.165) is 22.3 Å². The molecular weight excluding hydrogens is 484 g/mol. The molecule has 9 nitrogen and oxygen atoms in total. The number of carbonyl (C=O) groups excluding carboxylic acids is 2. The fraction of sp³-hybridized carbons (Fsp3) is 0.276. The van der Waals surface area contributed by atoms with Crippen molar-refractivity contribution in [2.45, 2.75) is 45.7 Å². The van der Waals surface area contributed by atoms with Crippen molar-refractivity contribution in [1.29, 1.82) is 0 Å². The van der Waals surface area contributed by atoms with Gasteiger partial charge in [-0.3, -0.25) is 10.1 Å². The summed E-state index contributed by atoms with van der Waals surface area (Å²) in [6.45, 7) is 4.54. The van der Waals surface area contributed by atoms with Crippen molar-refractivity contribution < 1.29 is 24.2 Å². The van der Waals surface area contributed by atoms with E-state index in [1.807, 2.05) is 38.1 Å². The highest BCUT2D eigenvalue weighted by atomic mass is 16.5. The largest absolute Gasteiger partial charge is 0.479 e. The minimum absolute atomic E-state index is 0.169. The monoisotopic (exact) mass is 518 g/mol. The molecule has 2 amide bonds. The molecular formula is C29H34N4O5. The zero-order valence-corrected chi connectivity index (χ0v) is 21.6. The minimum atomic E-state index is -1.05. The Morgan fingerprint density at radius 1 is 0.947 bits per heavy atom. The number of carboxylic acids is 1. The highest BCUT2D eigenvalue weighted by molar-refractivity contribution is 5.94. The first-order valence-electron chi connectivity index (χ1n) is 12.5. The quantitative estimate of drug-likeness (QED) is 0.238. The molecule has 3 aromatic rings. The van der Waals surface area contributed by atoms with Crippen molar-refractivity contribution >= 4 is 29.3 Å².